The van der Waals surface area contributed by atoms with Gasteiger partial charge in [0.25, 0.3) is 0 Å². The lowest BCUT2D eigenvalue weighted by atomic mass is 10.2. The van der Waals surface area contributed by atoms with Crippen LogP contribution in [-0.2, 0) is 25.9 Å². The molecular weight excluding hydrogens is 380 g/mol. The SMILES string of the molecule is Cc1ccc(S(=O)(=O)CCC(=O)OCCCn2c(=O)[nH]c3ccccc32)cc1. The van der Waals surface area contributed by atoms with Gasteiger partial charge < -0.3 is 9.72 Å². The van der Waals surface area contributed by atoms with E-state index in [-0.39, 0.29) is 29.4 Å². The number of para-hydroxylation sites is 2. The van der Waals surface area contributed by atoms with E-state index < -0.39 is 15.8 Å². The van der Waals surface area contributed by atoms with E-state index in [4.69, 9.17) is 4.74 Å². The number of sulfone groups is 1. The average Bonchev–Trinajstić information content (AvgIpc) is 2.99. The Kier molecular flexibility index (Phi) is 5.99. The molecule has 0 bridgehead atoms. The number of aromatic amines is 1. The minimum absolute atomic E-state index is 0.120. The summed E-state index contributed by atoms with van der Waals surface area (Å²) in [5, 5.41) is 0. The van der Waals surface area contributed by atoms with Crippen molar-refractivity contribution in [3.63, 3.8) is 0 Å². The second-order valence-electron chi connectivity index (χ2n) is 6.55. The molecule has 28 heavy (non-hydrogen) atoms. The Labute approximate surface area is 162 Å². The first-order valence-corrected chi connectivity index (χ1v) is 10.6. The fourth-order valence-electron chi connectivity index (χ4n) is 2.89. The zero-order chi connectivity index (χ0) is 20.1. The van der Waals surface area contributed by atoms with Crippen LogP contribution < -0.4 is 5.69 Å². The number of nitrogens with one attached hydrogen (secondary N) is 1. The van der Waals surface area contributed by atoms with E-state index in [1.165, 1.54) is 12.1 Å². The lowest BCUT2D eigenvalue weighted by molar-refractivity contribution is -0.143. The number of hydrogen-bond donors (Lipinski definition) is 1. The van der Waals surface area contributed by atoms with Crippen LogP contribution in [0.5, 0.6) is 0 Å². The maximum absolute atomic E-state index is 12.2. The second kappa shape index (κ2) is 8.43. The maximum Gasteiger partial charge on any atom is 0.326 e. The summed E-state index contributed by atoms with van der Waals surface area (Å²) in [5.41, 5.74) is 2.30. The van der Waals surface area contributed by atoms with Crippen molar-refractivity contribution in [2.45, 2.75) is 31.2 Å². The Hall–Kier alpha value is -2.87. The zero-order valence-corrected chi connectivity index (χ0v) is 16.4. The van der Waals surface area contributed by atoms with Crippen LogP contribution in [0.15, 0.2) is 58.2 Å². The Bertz CT molecular complexity index is 1130. The fraction of sp³-hybridized carbons (Fsp3) is 0.300. The van der Waals surface area contributed by atoms with E-state index in [0.717, 1.165) is 16.6 Å². The summed E-state index contributed by atoms with van der Waals surface area (Å²) in [5.74, 6) is -0.862. The van der Waals surface area contributed by atoms with Crippen molar-refractivity contribution >= 4 is 26.8 Å². The summed E-state index contributed by atoms with van der Waals surface area (Å²) >= 11 is 0. The van der Waals surface area contributed by atoms with Crippen molar-refractivity contribution in [2.75, 3.05) is 12.4 Å². The van der Waals surface area contributed by atoms with Crippen LogP contribution in [0.25, 0.3) is 11.0 Å². The van der Waals surface area contributed by atoms with Crippen LogP contribution in [0.2, 0.25) is 0 Å². The minimum Gasteiger partial charge on any atom is -0.466 e. The van der Waals surface area contributed by atoms with E-state index in [2.05, 4.69) is 4.98 Å². The first kappa shape index (κ1) is 19.9. The van der Waals surface area contributed by atoms with Crippen molar-refractivity contribution in [2.24, 2.45) is 0 Å². The molecule has 1 heterocycles. The number of nitrogens with zero attached hydrogens (tertiary/aromatic N) is 1. The van der Waals surface area contributed by atoms with Crippen molar-refractivity contribution in [1.82, 2.24) is 9.55 Å². The molecule has 2 aromatic carbocycles. The van der Waals surface area contributed by atoms with Gasteiger partial charge in [-0.1, -0.05) is 29.8 Å². The maximum atomic E-state index is 12.2. The highest BCUT2D eigenvalue weighted by molar-refractivity contribution is 7.91. The van der Waals surface area contributed by atoms with Gasteiger partial charge in [-0.2, -0.15) is 0 Å². The summed E-state index contributed by atoms with van der Waals surface area (Å²) in [6.45, 7) is 2.39. The number of carbonyl (C=O) groups is 1. The molecular formula is C20H22N2O5S. The van der Waals surface area contributed by atoms with E-state index in [9.17, 15) is 18.0 Å². The summed E-state index contributed by atoms with van der Waals surface area (Å²) in [7, 11) is -3.52. The normalized spacial score (nSPS) is 11.6. The predicted octanol–water partition coefficient (Wildman–Crippen LogP) is 2.44. The summed E-state index contributed by atoms with van der Waals surface area (Å²) in [4.78, 5) is 26.8. The predicted molar refractivity (Wildman–Crippen MR) is 106 cm³/mol. The number of H-pyrrole nitrogens is 1. The largest absolute Gasteiger partial charge is 0.466 e. The number of hydrogen-bond acceptors (Lipinski definition) is 5. The molecule has 0 aliphatic heterocycles. The number of imidazole rings is 1. The molecule has 3 aromatic rings. The third-order valence-electron chi connectivity index (χ3n) is 4.43. The Balaban J connectivity index is 1.46. The van der Waals surface area contributed by atoms with E-state index in [1.54, 1.807) is 16.7 Å². The van der Waals surface area contributed by atoms with Gasteiger partial charge >= 0.3 is 11.7 Å². The van der Waals surface area contributed by atoms with Gasteiger partial charge in [-0.15, -0.1) is 0 Å². The first-order valence-electron chi connectivity index (χ1n) is 8.99. The zero-order valence-electron chi connectivity index (χ0n) is 15.6. The topological polar surface area (TPSA) is 98.2 Å². The van der Waals surface area contributed by atoms with Gasteiger partial charge in [-0.25, -0.2) is 13.2 Å². The molecule has 0 fully saturated rings. The fourth-order valence-corrected chi connectivity index (χ4v) is 4.11. The van der Waals surface area contributed by atoms with Crippen LogP contribution in [0.3, 0.4) is 0 Å². The van der Waals surface area contributed by atoms with Gasteiger partial charge in [-0.05, 0) is 37.6 Å². The van der Waals surface area contributed by atoms with Crippen LogP contribution in [0.4, 0.5) is 0 Å². The van der Waals surface area contributed by atoms with Crippen molar-refractivity contribution in [1.29, 1.82) is 0 Å². The van der Waals surface area contributed by atoms with E-state index >= 15 is 0 Å². The molecule has 0 amide bonds. The molecule has 1 aromatic heterocycles. The second-order valence-corrected chi connectivity index (χ2v) is 8.66. The molecule has 0 aliphatic rings. The number of rotatable bonds is 8. The van der Waals surface area contributed by atoms with Gasteiger partial charge in [0.2, 0.25) is 0 Å². The van der Waals surface area contributed by atoms with Gasteiger partial charge in [0, 0.05) is 6.54 Å². The van der Waals surface area contributed by atoms with Gasteiger partial charge in [-0.3, -0.25) is 9.36 Å². The third-order valence-corrected chi connectivity index (χ3v) is 6.16. The Morgan fingerprint density at radius 2 is 1.82 bits per heavy atom. The number of ether oxygens (including phenoxy) is 1. The summed E-state index contributed by atoms with van der Waals surface area (Å²) in [6.07, 6.45) is 0.251. The van der Waals surface area contributed by atoms with Crippen LogP contribution in [0.1, 0.15) is 18.4 Å². The van der Waals surface area contributed by atoms with Crippen LogP contribution in [0, 0.1) is 6.92 Å². The smallest absolute Gasteiger partial charge is 0.326 e. The number of carbonyl (C=O) groups excluding carboxylic acids is 1. The van der Waals surface area contributed by atoms with Crippen LogP contribution >= 0.6 is 0 Å². The van der Waals surface area contributed by atoms with E-state index in [0.29, 0.717) is 13.0 Å². The quantitative estimate of drug-likeness (QED) is 0.461. The van der Waals surface area contributed by atoms with Gasteiger partial charge in [0.05, 0.1) is 34.7 Å². The molecule has 148 valence electrons. The molecule has 3 rings (SSSR count). The molecule has 7 nitrogen and oxygen atoms in total. The van der Waals surface area contributed by atoms with Crippen LogP contribution in [-0.4, -0.2) is 36.3 Å². The first-order chi connectivity index (χ1) is 13.4. The van der Waals surface area contributed by atoms with Crippen molar-refractivity contribution < 1.29 is 17.9 Å². The Morgan fingerprint density at radius 1 is 1.11 bits per heavy atom. The molecule has 0 spiro atoms. The number of aromatic nitrogens is 2. The molecule has 0 unspecified atom stereocenters. The summed E-state index contributed by atoms with van der Waals surface area (Å²) in [6, 6.07) is 13.9. The number of esters is 1. The minimum atomic E-state index is -3.52. The highest BCUT2D eigenvalue weighted by atomic mass is 32.2. The number of fused-ring (bicyclic) bond motifs is 1. The van der Waals surface area contributed by atoms with Crippen molar-refractivity contribution in [3.8, 4) is 0 Å². The standard InChI is InChI=1S/C20H22N2O5S/c1-15-7-9-16(10-8-15)28(25,26)14-11-19(23)27-13-4-12-22-18-6-3-2-5-17(18)21-20(22)24/h2-3,5-10H,4,11-14H2,1H3,(H,21,24). The third kappa shape index (κ3) is 4.69. The van der Waals surface area contributed by atoms with Gasteiger partial charge in [0.15, 0.2) is 9.84 Å². The lowest BCUT2D eigenvalue weighted by Gasteiger charge is -2.07. The summed E-state index contributed by atoms with van der Waals surface area (Å²) < 4.78 is 31.2. The average molecular weight is 402 g/mol. The van der Waals surface area contributed by atoms with Gasteiger partial charge in [0.1, 0.15) is 0 Å². The molecule has 0 radical (unpaired) electrons. The monoisotopic (exact) mass is 402 g/mol. The molecule has 1 N–H and O–H groups in total. The molecule has 0 atom stereocenters. The highest BCUT2D eigenvalue weighted by Gasteiger charge is 2.17. The molecule has 8 heteroatoms. The van der Waals surface area contributed by atoms with E-state index in [1.807, 2.05) is 31.2 Å². The van der Waals surface area contributed by atoms with Crippen molar-refractivity contribution in [3.05, 3.63) is 64.6 Å². The molecule has 0 aliphatic carbocycles. The Morgan fingerprint density at radius 3 is 2.57 bits per heavy atom. The number of benzene rings is 2. The lowest BCUT2D eigenvalue weighted by Crippen LogP contribution is -2.19. The highest BCUT2D eigenvalue weighted by Crippen LogP contribution is 2.13. The molecule has 0 saturated heterocycles. The molecule has 0 saturated carbocycles. The number of aryl methyl sites for hydroxylation is 2.